The molecule has 86 valence electrons. The third kappa shape index (κ3) is 3.27. The Morgan fingerprint density at radius 2 is 1.88 bits per heavy atom. The molecule has 4 nitrogen and oxygen atoms in total. The van der Waals surface area contributed by atoms with Gasteiger partial charge in [-0.3, -0.25) is 9.59 Å². The van der Waals surface area contributed by atoms with Crippen molar-refractivity contribution < 1.29 is 14.7 Å². The molecule has 1 amide bonds. The van der Waals surface area contributed by atoms with Crippen LogP contribution in [0.3, 0.4) is 0 Å². The van der Waals surface area contributed by atoms with Crippen molar-refractivity contribution in [1.29, 1.82) is 0 Å². The summed E-state index contributed by atoms with van der Waals surface area (Å²) in [7, 11) is 0. The zero-order valence-electron chi connectivity index (χ0n) is 8.79. The highest BCUT2D eigenvalue weighted by Gasteiger charge is 2.24. The van der Waals surface area contributed by atoms with Crippen LogP contribution in [0.2, 0.25) is 0 Å². The number of carbonyl (C=O) groups excluding carboxylic acids is 1. The van der Waals surface area contributed by atoms with Crippen molar-refractivity contribution in [3.05, 3.63) is 35.9 Å². The maximum absolute atomic E-state index is 11.1. The average molecular weight is 239 g/mol. The molecule has 0 bridgehead atoms. The number of nitrogens with two attached hydrogens (primary N) is 1. The molecule has 2 atom stereocenters. The first-order valence-electron chi connectivity index (χ1n) is 4.75. The van der Waals surface area contributed by atoms with Gasteiger partial charge in [0.05, 0.1) is 5.25 Å². The SMILES string of the molecule is CC(SC(C(=O)O)c1ccccc1)C(N)=O. The van der Waals surface area contributed by atoms with Crippen LogP contribution in [-0.4, -0.2) is 22.2 Å². The van der Waals surface area contributed by atoms with Crippen LogP contribution in [-0.2, 0) is 9.59 Å². The minimum Gasteiger partial charge on any atom is -0.480 e. The third-order valence-corrected chi connectivity index (χ3v) is 3.45. The Balaban J connectivity index is 2.85. The fourth-order valence-electron chi connectivity index (χ4n) is 1.18. The van der Waals surface area contributed by atoms with Gasteiger partial charge in [0, 0.05) is 0 Å². The Kier molecular flexibility index (Phi) is 4.37. The van der Waals surface area contributed by atoms with E-state index in [1.807, 2.05) is 6.07 Å². The molecule has 1 rings (SSSR count). The summed E-state index contributed by atoms with van der Waals surface area (Å²) in [6.45, 7) is 1.60. The van der Waals surface area contributed by atoms with Crippen molar-refractivity contribution in [2.24, 2.45) is 5.73 Å². The molecular formula is C11H13NO3S. The highest BCUT2D eigenvalue weighted by Crippen LogP contribution is 2.32. The van der Waals surface area contributed by atoms with E-state index in [0.717, 1.165) is 11.8 Å². The first-order chi connectivity index (χ1) is 7.52. The summed E-state index contributed by atoms with van der Waals surface area (Å²) < 4.78 is 0. The number of aliphatic carboxylic acids is 1. The van der Waals surface area contributed by atoms with Crippen molar-refractivity contribution in [1.82, 2.24) is 0 Å². The molecule has 0 saturated heterocycles. The summed E-state index contributed by atoms with van der Waals surface area (Å²) in [5, 5.41) is 7.80. The van der Waals surface area contributed by atoms with Gasteiger partial charge in [0.15, 0.2) is 0 Å². The van der Waals surface area contributed by atoms with Gasteiger partial charge in [-0.2, -0.15) is 0 Å². The van der Waals surface area contributed by atoms with Crippen molar-refractivity contribution in [2.45, 2.75) is 17.4 Å². The molecule has 0 aliphatic heterocycles. The molecule has 0 fully saturated rings. The van der Waals surface area contributed by atoms with Gasteiger partial charge >= 0.3 is 5.97 Å². The molecule has 0 aromatic heterocycles. The second-order valence-corrected chi connectivity index (χ2v) is 4.76. The van der Waals surface area contributed by atoms with Gasteiger partial charge in [0.1, 0.15) is 5.25 Å². The Morgan fingerprint density at radius 1 is 1.31 bits per heavy atom. The second kappa shape index (κ2) is 5.55. The van der Waals surface area contributed by atoms with Crippen molar-refractivity contribution in [3.63, 3.8) is 0 Å². The van der Waals surface area contributed by atoms with E-state index in [2.05, 4.69) is 0 Å². The largest absolute Gasteiger partial charge is 0.480 e. The second-order valence-electron chi connectivity index (χ2n) is 3.31. The Labute approximate surface area is 97.8 Å². The van der Waals surface area contributed by atoms with E-state index in [1.165, 1.54) is 0 Å². The minimum atomic E-state index is -0.968. The van der Waals surface area contributed by atoms with Crippen LogP contribution in [0, 0.1) is 0 Å². The summed E-state index contributed by atoms with van der Waals surface area (Å²) >= 11 is 1.04. The van der Waals surface area contributed by atoms with E-state index in [9.17, 15) is 9.59 Å². The van der Waals surface area contributed by atoms with E-state index in [0.29, 0.717) is 5.56 Å². The van der Waals surface area contributed by atoms with Crippen LogP contribution < -0.4 is 5.73 Å². The summed E-state index contributed by atoms with van der Waals surface area (Å²) in [5.41, 5.74) is 5.77. The number of carboxylic acid groups (broad SMARTS) is 1. The average Bonchev–Trinajstić information content (AvgIpc) is 2.26. The zero-order valence-corrected chi connectivity index (χ0v) is 9.61. The van der Waals surface area contributed by atoms with E-state index >= 15 is 0 Å². The quantitative estimate of drug-likeness (QED) is 0.814. The lowest BCUT2D eigenvalue weighted by Gasteiger charge is -2.15. The zero-order chi connectivity index (χ0) is 12.1. The number of thioether (sulfide) groups is 1. The van der Waals surface area contributed by atoms with E-state index < -0.39 is 22.4 Å². The van der Waals surface area contributed by atoms with Crippen LogP contribution in [0.1, 0.15) is 17.7 Å². The van der Waals surface area contributed by atoms with E-state index in [4.69, 9.17) is 10.8 Å². The molecule has 2 unspecified atom stereocenters. The number of benzene rings is 1. The number of carbonyl (C=O) groups is 2. The van der Waals surface area contributed by atoms with Gasteiger partial charge in [0.2, 0.25) is 5.91 Å². The number of hydrogen-bond donors (Lipinski definition) is 2. The molecule has 1 aromatic carbocycles. The maximum atomic E-state index is 11.1. The maximum Gasteiger partial charge on any atom is 0.321 e. The number of hydrogen-bond acceptors (Lipinski definition) is 3. The molecule has 0 aliphatic rings. The Morgan fingerprint density at radius 3 is 2.31 bits per heavy atom. The van der Waals surface area contributed by atoms with Gasteiger partial charge in [-0.05, 0) is 12.5 Å². The third-order valence-electron chi connectivity index (χ3n) is 2.07. The molecular weight excluding hydrogens is 226 g/mol. The predicted octanol–water partition coefficient (Wildman–Crippen LogP) is 1.42. The van der Waals surface area contributed by atoms with Gasteiger partial charge < -0.3 is 10.8 Å². The van der Waals surface area contributed by atoms with Crippen molar-refractivity contribution in [3.8, 4) is 0 Å². The van der Waals surface area contributed by atoms with E-state index in [-0.39, 0.29) is 0 Å². The standard InChI is InChI=1S/C11H13NO3S/c1-7(10(12)13)16-9(11(14)15)8-5-3-2-4-6-8/h2-7,9H,1H3,(H2,12,13)(H,14,15). The van der Waals surface area contributed by atoms with Crippen molar-refractivity contribution in [2.75, 3.05) is 0 Å². The van der Waals surface area contributed by atoms with Crippen LogP contribution >= 0.6 is 11.8 Å². The molecule has 0 radical (unpaired) electrons. The van der Waals surface area contributed by atoms with Gasteiger partial charge in [-0.15, -0.1) is 11.8 Å². The summed E-state index contributed by atoms with van der Waals surface area (Å²) in [5.74, 6) is -1.48. The highest BCUT2D eigenvalue weighted by molar-refractivity contribution is 8.01. The highest BCUT2D eigenvalue weighted by atomic mass is 32.2. The lowest BCUT2D eigenvalue weighted by Crippen LogP contribution is -2.25. The monoisotopic (exact) mass is 239 g/mol. The predicted molar refractivity (Wildman–Crippen MR) is 63.1 cm³/mol. The minimum absolute atomic E-state index is 0.507. The Hall–Kier alpha value is -1.49. The smallest absolute Gasteiger partial charge is 0.321 e. The molecule has 3 N–H and O–H groups in total. The van der Waals surface area contributed by atoms with Gasteiger partial charge in [0.25, 0.3) is 0 Å². The number of carboxylic acids is 1. The summed E-state index contributed by atoms with van der Waals surface area (Å²) in [6, 6.07) is 8.78. The lowest BCUT2D eigenvalue weighted by molar-refractivity contribution is -0.136. The Bertz CT molecular complexity index is 380. The molecule has 0 heterocycles. The summed E-state index contributed by atoms with van der Waals surface area (Å²) in [4.78, 5) is 22.0. The lowest BCUT2D eigenvalue weighted by atomic mass is 10.1. The van der Waals surface area contributed by atoms with Crippen molar-refractivity contribution >= 4 is 23.6 Å². The van der Waals surface area contributed by atoms with Crippen LogP contribution in [0.25, 0.3) is 0 Å². The fourth-order valence-corrected chi connectivity index (χ4v) is 2.15. The number of primary amides is 1. The fraction of sp³-hybridized carbons (Fsp3) is 0.273. The van der Waals surface area contributed by atoms with Gasteiger partial charge in [-0.1, -0.05) is 30.3 Å². The normalized spacial score (nSPS) is 14.1. The number of rotatable bonds is 5. The first-order valence-corrected chi connectivity index (χ1v) is 5.69. The molecule has 0 aliphatic carbocycles. The topological polar surface area (TPSA) is 80.4 Å². The number of amides is 1. The molecule has 16 heavy (non-hydrogen) atoms. The van der Waals surface area contributed by atoms with Crippen LogP contribution in [0.4, 0.5) is 0 Å². The molecule has 0 spiro atoms. The summed E-state index contributed by atoms with van der Waals surface area (Å²) in [6.07, 6.45) is 0. The van der Waals surface area contributed by atoms with Gasteiger partial charge in [-0.25, -0.2) is 0 Å². The molecule has 5 heteroatoms. The first kappa shape index (κ1) is 12.6. The van der Waals surface area contributed by atoms with E-state index in [1.54, 1.807) is 31.2 Å². The van der Waals surface area contributed by atoms with Crippen LogP contribution in [0.15, 0.2) is 30.3 Å². The van der Waals surface area contributed by atoms with Crippen LogP contribution in [0.5, 0.6) is 0 Å². The molecule has 0 saturated carbocycles. The molecule has 1 aromatic rings.